The Hall–Kier alpha value is -1.19. The monoisotopic (exact) mass is 199 g/mol. The molecule has 0 aliphatic carbocycles. The van der Waals surface area contributed by atoms with Crippen LogP contribution < -0.4 is 0 Å². The first-order valence-electron chi connectivity index (χ1n) is 4.56. The maximum absolute atomic E-state index is 11.7. The Balaban J connectivity index is 5.10. The standard InChI is InChI=1S/C10H21N3O/c1-8(10(14)13(6)7)9(11(2)3)12(4)5/h1-7H3. The number of amides is 1. The number of rotatable bonds is 3. The van der Waals surface area contributed by atoms with Crippen molar-refractivity contribution in [3.63, 3.8) is 0 Å². The Morgan fingerprint density at radius 3 is 1.36 bits per heavy atom. The van der Waals surface area contributed by atoms with E-state index in [0.29, 0.717) is 0 Å². The van der Waals surface area contributed by atoms with Crippen LogP contribution in [0.4, 0.5) is 0 Å². The molecule has 0 aromatic heterocycles. The molecule has 0 radical (unpaired) electrons. The molecular formula is C10H21N3O. The number of hydrogen-bond acceptors (Lipinski definition) is 3. The van der Waals surface area contributed by atoms with Crippen molar-refractivity contribution in [3.8, 4) is 0 Å². The van der Waals surface area contributed by atoms with E-state index in [1.807, 2.05) is 44.9 Å². The van der Waals surface area contributed by atoms with Crippen LogP contribution in [0.25, 0.3) is 0 Å². The molecule has 0 aromatic carbocycles. The third kappa shape index (κ3) is 2.94. The maximum atomic E-state index is 11.7. The minimum absolute atomic E-state index is 0.0439. The highest BCUT2D eigenvalue weighted by atomic mass is 16.2. The zero-order chi connectivity index (χ0) is 11.5. The van der Waals surface area contributed by atoms with E-state index in [-0.39, 0.29) is 5.91 Å². The quantitative estimate of drug-likeness (QED) is 0.617. The highest BCUT2D eigenvalue weighted by Gasteiger charge is 2.15. The summed E-state index contributed by atoms with van der Waals surface area (Å²) in [6.45, 7) is 1.84. The predicted molar refractivity (Wildman–Crippen MR) is 58.8 cm³/mol. The lowest BCUT2D eigenvalue weighted by molar-refractivity contribution is -0.124. The highest BCUT2D eigenvalue weighted by molar-refractivity contribution is 5.93. The van der Waals surface area contributed by atoms with E-state index in [9.17, 15) is 4.79 Å². The second kappa shape index (κ2) is 4.88. The molecule has 82 valence electrons. The van der Waals surface area contributed by atoms with Gasteiger partial charge in [0.05, 0.1) is 5.57 Å². The third-order valence-corrected chi connectivity index (χ3v) is 1.91. The molecule has 0 aliphatic heterocycles. The zero-order valence-electron chi connectivity index (χ0n) is 10.2. The Bertz CT molecular complexity index is 232. The van der Waals surface area contributed by atoms with Crippen LogP contribution in [0.1, 0.15) is 6.92 Å². The largest absolute Gasteiger partial charge is 0.364 e. The van der Waals surface area contributed by atoms with Crippen molar-refractivity contribution in [2.24, 2.45) is 0 Å². The summed E-state index contributed by atoms with van der Waals surface area (Å²) in [5, 5.41) is 0. The number of hydrogen-bond donors (Lipinski definition) is 0. The molecule has 0 rings (SSSR count). The van der Waals surface area contributed by atoms with E-state index in [2.05, 4.69) is 0 Å². The van der Waals surface area contributed by atoms with Gasteiger partial charge in [-0.15, -0.1) is 0 Å². The van der Waals surface area contributed by atoms with Crippen LogP contribution in [0.2, 0.25) is 0 Å². The van der Waals surface area contributed by atoms with Crippen LogP contribution in [0.3, 0.4) is 0 Å². The normalized spacial score (nSPS) is 9.36. The van der Waals surface area contributed by atoms with Crippen molar-refractivity contribution in [1.82, 2.24) is 14.7 Å². The van der Waals surface area contributed by atoms with Gasteiger partial charge in [0.2, 0.25) is 0 Å². The molecule has 14 heavy (non-hydrogen) atoms. The lowest BCUT2D eigenvalue weighted by Gasteiger charge is -2.27. The van der Waals surface area contributed by atoms with E-state index in [0.717, 1.165) is 11.4 Å². The molecule has 1 amide bonds. The Labute approximate surface area is 86.8 Å². The van der Waals surface area contributed by atoms with E-state index in [1.165, 1.54) is 0 Å². The van der Waals surface area contributed by atoms with Gasteiger partial charge < -0.3 is 14.7 Å². The van der Waals surface area contributed by atoms with Crippen molar-refractivity contribution >= 4 is 5.91 Å². The smallest absolute Gasteiger partial charge is 0.252 e. The SMILES string of the molecule is CC(C(=O)N(C)C)=C(N(C)C)N(C)C. The van der Waals surface area contributed by atoms with Gasteiger partial charge in [0.1, 0.15) is 5.82 Å². The van der Waals surface area contributed by atoms with Crippen molar-refractivity contribution in [2.45, 2.75) is 6.92 Å². The molecule has 4 nitrogen and oxygen atoms in total. The Morgan fingerprint density at radius 2 is 1.14 bits per heavy atom. The van der Waals surface area contributed by atoms with Gasteiger partial charge in [0, 0.05) is 42.3 Å². The van der Waals surface area contributed by atoms with Gasteiger partial charge in [-0.05, 0) is 6.92 Å². The maximum Gasteiger partial charge on any atom is 0.252 e. The van der Waals surface area contributed by atoms with Crippen molar-refractivity contribution in [2.75, 3.05) is 42.3 Å². The molecular weight excluding hydrogens is 178 g/mol. The Kier molecular flexibility index (Phi) is 4.47. The summed E-state index contributed by atoms with van der Waals surface area (Å²) in [6.07, 6.45) is 0. The lowest BCUT2D eigenvalue weighted by atomic mass is 10.2. The molecule has 0 N–H and O–H groups in total. The minimum Gasteiger partial charge on any atom is -0.364 e. The summed E-state index contributed by atoms with van der Waals surface area (Å²) < 4.78 is 0. The molecule has 0 aliphatic rings. The molecule has 0 bridgehead atoms. The first-order valence-corrected chi connectivity index (χ1v) is 4.56. The summed E-state index contributed by atoms with van der Waals surface area (Å²) in [5.74, 6) is 0.978. The van der Waals surface area contributed by atoms with Crippen LogP contribution >= 0.6 is 0 Å². The van der Waals surface area contributed by atoms with Crippen LogP contribution in [-0.2, 0) is 4.79 Å². The fourth-order valence-electron chi connectivity index (χ4n) is 1.50. The zero-order valence-corrected chi connectivity index (χ0v) is 10.2. The van der Waals surface area contributed by atoms with Gasteiger partial charge in [-0.3, -0.25) is 4.79 Å². The molecule has 0 atom stereocenters. The fraction of sp³-hybridized carbons (Fsp3) is 0.700. The lowest BCUT2D eigenvalue weighted by Crippen LogP contribution is -2.31. The van der Waals surface area contributed by atoms with Gasteiger partial charge in [0.25, 0.3) is 5.91 Å². The molecule has 4 heteroatoms. The first-order chi connectivity index (χ1) is 6.29. The van der Waals surface area contributed by atoms with Gasteiger partial charge in [-0.2, -0.15) is 0 Å². The molecule has 0 saturated heterocycles. The molecule has 0 fully saturated rings. The second-order valence-electron chi connectivity index (χ2n) is 3.94. The van der Waals surface area contributed by atoms with Gasteiger partial charge >= 0.3 is 0 Å². The van der Waals surface area contributed by atoms with Gasteiger partial charge in [0.15, 0.2) is 0 Å². The van der Waals surface area contributed by atoms with E-state index in [1.54, 1.807) is 19.0 Å². The second-order valence-corrected chi connectivity index (χ2v) is 3.94. The summed E-state index contributed by atoms with van der Waals surface area (Å²) in [5.41, 5.74) is 0.755. The van der Waals surface area contributed by atoms with E-state index in [4.69, 9.17) is 0 Å². The summed E-state index contributed by atoms with van der Waals surface area (Å²) in [6, 6.07) is 0. The first kappa shape index (κ1) is 12.8. The average Bonchev–Trinajstić information content (AvgIpc) is 2.01. The van der Waals surface area contributed by atoms with Crippen LogP contribution in [0.5, 0.6) is 0 Å². The van der Waals surface area contributed by atoms with Crippen LogP contribution in [0.15, 0.2) is 11.4 Å². The molecule has 0 saturated carbocycles. The topological polar surface area (TPSA) is 26.8 Å². The Morgan fingerprint density at radius 1 is 0.786 bits per heavy atom. The van der Waals surface area contributed by atoms with Crippen LogP contribution in [0, 0.1) is 0 Å². The van der Waals surface area contributed by atoms with Crippen molar-refractivity contribution < 1.29 is 4.79 Å². The highest BCUT2D eigenvalue weighted by Crippen LogP contribution is 2.11. The molecule has 0 heterocycles. The fourth-order valence-corrected chi connectivity index (χ4v) is 1.50. The van der Waals surface area contributed by atoms with E-state index < -0.39 is 0 Å². The molecule has 0 spiro atoms. The number of carbonyl (C=O) groups is 1. The van der Waals surface area contributed by atoms with Gasteiger partial charge in [-0.25, -0.2) is 0 Å². The summed E-state index contributed by atoms with van der Waals surface area (Å²) >= 11 is 0. The molecule has 0 aromatic rings. The third-order valence-electron chi connectivity index (χ3n) is 1.91. The van der Waals surface area contributed by atoms with Crippen molar-refractivity contribution in [1.29, 1.82) is 0 Å². The number of likely N-dealkylation sites (N-methyl/N-ethyl adjacent to an activating group) is 1. The summed E-state index contributed by atoms with van der Waals surface area (Å²) in [4.78, 5) is 17.2. The predicted octanol–water partition coefficient (Wildman–Crippen LogP) is 0.429. The molecule has 0 unspecified atom stereocenters. The number of nitrogens with zero attached hydrogens (tertiary/aromatic N) is 3. The number of carbonyl (C=O) groups excluding carboxylic acids is 1. The van der Waals surface area contributed by atoms with Gasteiger partial charge in [-0.1, -0.05) is 0 Å². The van der Waals surface area contributed by atoms with Crippen molar-refractivity contribution in [3.05, 3.63) is 11.4 Å². The van der Waals surface area contributed by atoms with E-state index >= 15 is 0 Å². The minimum atomic E-state index is 0.0439. The average molecular weight is 199 g/mol. The summed E-state index contributed by atoms with van der Waals surface area (Å²) in [7, 11) is 11.2. The van der Waals surface area contributed by atoms with Crippen LogP contribution in [-0.4, -0.2) is 62.9 Å².